The second-order valence-electron chi connectivity index (χ2n) is 4.92. The highest BCUT2D eigenvalue weighted by molar-refractivity contribution is 5.56. The van der Waals surface area contributed by atoms with E-state index in [-0.39, 0.29) is 0 Å². The first-order chi connectivity index (χ1) is 11.2. The van der Waals surface area contributed by atoms with Gasteiger partial charge in [0.1, 0.15) is 0 Å². The summed E-state index contributed by atoms with van der Waals surface area (Å²) in [5.74, 6) is 2.81. The minimum Gasteiger partial charge on any atom is -0.493 e. The van der Waals surface area contributed by atoms with Crippen molar-refractivity contribution in [1.29, 1.82) is 0 Å². The molecule has 0 aliphatic rings. The largest absolute Gasteiger partial charge is 0.493 e. The van der Waals surface area contributed by atoms with Gasteiger partial charge in [-0.25, -0.2) is 0 Å². The Hall–Kier alpha value is -2.62. The summed E-state index contributed by atoms with van der Waals surface area (Å²) in [5.41, 5.74) is 2.07. The first kappa shape index (κ1) is 16.7. The van der Waals surface area contributed by atoms with Crippen LogP contribution in [0.5, 0.6) is 23.0 Å². The number of benzene rings is 2. The van der Waals surface area contributed by atoms with E-state index in [1.54, 1.807) is 20.5 Å². The van der Waals surface area contributed by atoms with Crippen molar-refractivity contribution in [2.24, 2.45) is 0 Å². The molecule has 122 valence electrons. The van der Waals surface area contributed by atoms with E-state index in [2.05, 4.69) is 0 Å². The Morgan fingerprint density at radius 1 is 0.870 bits per heavy atom. The van der Waals surface area contributed by atoms with Gasteiger partial charge < -0.3 is 18.9 Å². The second-order valence-corrected chi connectivity index (χ2v) is 4.92. The van der Waals surface area contributed by atoms with Crippen molar-refractivity contribution in [3.05, 3.63) is 53.8 Å². The van der Waals surface area contributed by atoms with E-state index in [0.29, 0.717) is 23.9 Å². The normalized spacial score (nSPS) is 10.6. The van der Waals surface area contributed by atoms with Gasteiger partial charge in [-0.1, -0.05) is 12.1 Å². The van der Waals surface area contributed by atoms with Gasteiger partial charge in [-0.05, 0) is 55.3 Å². The molecule has 0 N–H and O–H groups in total. The first-order valence-corrected chi connectivity index (χ1v) is 7.46. The summed E-state index contributed by atoms with van der Waals surface area (Å²) < 4.78 is 21.8. The maximum Gasteiger partial charge on any atom is 0.168 e. The molecule has 2 rings (SSSR count). The molecule has 4 heteroatoms. The molecule has 0 aliphatic heterocycles. The van der Waals surface area contributed by atoms with Crippen LogP contribution >= 0.6 is 0 Å². The van der Waals surface area contributed by atoms with E-state index in [0.717, 1.165) is 16.9 Å². The predicted molar refractivity (Wildman–Crippen MR) is 91.6 cm³/mol. The number of hydrogen-bond donors (Lipinski definition) is 0. The summed E-state index contributed by atoms with van der Waals surface area (Å²) in [6.45, 7) is 4.55. The average molecular weight is 314 g/mol. The van der Waals surface area contributed by atoms with Crippen molar-refractivity contribution in [2.75, 3.05) is 20.8 Å². The van der Waals surface area contributed by atoms with Crippen molar-refractivity contribution in [2.45, 2.75) is 13.8 Å². The Labute approximate surface area is 137 Å². The zero-order chi connectivity index (χ0) is 16.7. The number of rotatable bonds is 7. The van der Waals surface area contributed by atoms with Crippen LogP contribution in [0, 0.1) is 6.92 Å². The molecule has 2 aromatic rings. The average Bonchev–Trinajstić information content (AvgIpc) is 2.57. The van der Waals surface area contributed by atoms with Gasteiger partial charge in [0.2, 0.25) is 0 Å². The Bertz CT molecular complexity index is 677. The van der Waals surface area contributed by atoms with E-state index >= 15 is 0 Å². The van der Waals surface area contributed by atoms with Crippen LogP contribution in [0.1, 0.15) is 18.1 Å². The van der Waals surface area contributed by atoms with E-state index in [4.69, 9.17) is 18.9 Å². The van der Waals surface area contributed by atoms with Gasteiger partial charge in [-0.2, -0.15) is 0 Å². The van der Waals surface area contributed by atoms with Crippen molar-refractivity contribution in [3.63, 3.8) is 0 Å². The molecule has 0 unspecified atom stereocenters. The van der Waals surface area contributed by atoms with Crippen LogP contribution in [0.4, 0.5) is 0 Å². The van der Waals surface area contributed by atoms with Crippen LogP contribution in [-0.2, 0) is 0 Å². The molecule has 0 fully saturated rings. The van der Waals surface area contributed by atoms with Crippen LogP contribution in [0.3, 0.4) is 0 Å². The quantitative estimate of drug-likeness (QED) is 0.707. The summed E-state index contributed by atoms with van der Waals surface area (Å²) in [7, 11) is 3.25. The molecule has 0 saturated heterocycles. The fourth-order valence-electron chi connectivity index (χ4n) is 2.12. The van der Waals surface area contributed by atoms with Crippen molar-refractivity contribution in [1.82, 2.24) is 0 Å². The molecule has 4 nitrogen and oxygen atoms in total. The molecule has 0 heterocycles. The van der Waals surface area contributed by atoms with Gasteiger partial charge in [0, 0.05) is 0 Å². The van der Waals surface area contributed by atoms with E-state index in [1.165, 1.54) is 0 Å². The molecular weight excluding hydrogens is 292 g/mol. The first-order valence-electron chi connectivity index (χ1n) is 7.46. The van der Waals surface area contributed by atoms with Crippen LogP contribution in [-0.4, -0.2) is 20.8 Å². The van der Waals surface area contributed by atoms with Crippen LogP contribution in [0.25, 0.3) is 6.08 Å². The van der Waals surface area contributed by atoms with Gasteiger partial charge in [-0.15, -0.1) is 0 Å². The SMILES string of the molecule is CCOc1ccc(/C=C\Oc2ccc(C)cc2OC)cc1OC. The lowest BCUT2D eigenvalue weighted by atomic mass is 10.2. The molecule has 0 atom stereocenters. The lowest BCUT2D eigenvalue weighted by Crippen LogP contribution is -1.95. The Morgan fingerprint density at radius 3 is 2.26 bits per heavy atom. The fourth-order valence-corrected chi connectivity index (χ4v) is 2.12. The van der Waals surface area contributed by atoms with Crippen LogP contribution < -0.4 is 18.9 Å². The van der Waals surface area contributed by atoms with Gasteiger partial charge in [-0.3, -0.25) is 0 Å². The molecule has 23 heavy (non-hydrogen) atoms. The highest BCUT2D eigenvalue weighted by Crippen LogP contribution is 2.30. The van der Waals surface area contributed by atoms with Crippen molar-refractivity contribution in [3.8, 4) is 23.0 Å². The lowest BCUT2D eigenvalue weighted by molar-refractivity contribution is 0.311. The Kier molecular flexibility index (Phi) is 5.92. The third-order valence-electron chi connectivity index (χ3n) is 3.26. The molecule has 0 radical (unpaired) electrons. The van der Waals surface area contributed by atoms with Crippen molar-refractivity contribution >= 4 is 6.08 Å². The van der Waals surface area contributed by atoms with Gasteiger partial charge in [0.05, 0.1) is 27.1 Å². The van der Waals surface area contributed by atoms with Crippen molar-refractivity contribution < 1.29 is 18.9 Å². The van der Waals surface area contributed by atoms with Gasteiger partial charge in [0.15, 0.2) is 23.0 Å². The van der Waals surface area contributed by atoms with E-state index in [1.807, 2.05) is 56.3 Å². The van der Waals surface area contributed by atoms with E-state index in [9.17, 15) is 0 Å². The molecular formula is C19H22O4. The molecule has 0 bridgehead atoms. The van der Waals surface area contributed by atoms with Gasteiger partial charge in [0.25, 0.3) is 0 Å². The zero-order valence-electron chi connectivity index (χ0n) is 14.0. The highest BCUT2D eigenvalue weighted by atomic mass is 16.5. The molecule has 0 aromatic heterocycles. The number of aryl methyl sites for hydroxylation is 1. The highest BCUT2D eigenvalue weighted by Gasteiger charge is 2.05. The predicted octanol–water partition coefficient (Wildman–Crippen LogP) is 4.46. The number of ether oxygens (including phenoxy) is 4. The minimum absolute atomic E-state index is 0.599. The molecule has 0 amide bonds. The number of methoxy groups -OCH3 is 2. The summed E-state index contributed by atoms with van der Waals surface area (Å²) in [6, 6.07) is 11.5. The topological polar surface area (TPSA) is 36.9 Å². The molecule has 0 saturated carbocycles. The Balaban J connectivity index is 2.11. The molecule has 0 spiro atoms. The maximum atomic E-state index is 5.66. The van der Waals surface area contributed by atoms with Crippen LogP contribution in [0.2, 0.25) is 0 Å². The summed E-state index contributed by atoms with van der Waals surface area (Å²) in [6.07, 6.45) is 3.49. The monoisotopic (exact) mass is 314 g/mol. The smallest absolute Gasteiger partial charge is 0.168 e. The van der Waals surface area contributed by atoms with Crippen LogP contribution in [0.15, 0.2) is 42.7 Å². The zero-order valence-corrected chi connectivity index (χ0v) is 14.0. The molecule has 2 aromatic carbocycles. The molecule has 0 aliphatic carbocycles. The summed E-state index contributed by atoms with van der Waals surface area (Å²) >= 11 is 0. The second kappa shape index (κ2) is 8.13. The Morgan fingerprint density at radius 2 is 1.57 bits per heavy atom. The minimum atomic E-state index is 0.599. The number of hydrogen-bond acceptors (Lipinski definition) is 4. The van der Waals surface area contributed by atoms with Gasteiger partial charge >= 0.3 is 0 Å². The standard InChI is InChI=1S/C19H22O4/c1-5-22-16-9-7-15(13-19(16)21-4)10-11-23-17-8-6-14(2)12-18(17)20-3/h6-13H,5H2,1-4H3/b11-10-. The maximum absolute atomic E-state index is 5.66. The lowest BCUT2D eigenvalue weighted by Gasteiger charge is -2.10. The fraction of sp³-hybridized carbons (Fsp3) is 0.263. The summed E-state index contributed by atoms with van der Waals surface area (Å²) in [4.78, 5) is 0. The summed E-state index contributed by atoms with van der Waals surface area (Å²) in [5, 5.41) is 0. The van der Waals surface area contributed by atoms with E-state index < -0.39 is 0 Å². The third-order valence-corrected chi connectivity index (χ3v) is 3.26. The third kappa shape index (κ3) is 4.42.